The zero-order valence-electron chi connectivity index (χ0n) is 12.6. The normalized spacial score (nSPS) is 14.0. The molecule has 0 saturated heterocycles. The minimum absolute atomic E-state index is 0.0376. The average molecular weight is 318 g/mol. The van der Waals surface area contributed by atoms with E-state index in [1.807, 2.05) is 36.0 Å². The number of amides is 2. The van der Waals surface area contributed by atoms with E-state index in [4.69, 9.17) is 0 Å². The summed E-state index contributed by atoms with van der Waals surface area (Å²) >= 11 is 1.45. The Morgan fingerprint density at radius 3 is 2.86 bits per heavy atom. The van der Waals surface area contributed by atoms with Gasteiger partial charge in [0.05, 0.1) is 23.7 Å². The van der Waals surface area contributed by atoms with Crippen LogP contribution in [-0.4, -0.2) is 39.1 Å². The average Bonchev–Trinajstić information content (AvgIpc) is 3.14. The van der Waals surface area contributed by atoms with Crippen molar-refractivity contribution < 1.29 is 9.59 Å². The second-order valence-electron chi connectivity index (χ2n) is 5.58. The smallest absolute Gasteiger partial charge is 0.271 e. The summed E-state index contributed by atoms with van der Waals surface area (Å²) in [6.45, 7) is 5.53. The van der Waals surface area contributed by atoms with E-state index in [9.17, 15) is 9.59 Å². The van der Waals surface area contributed by atoms with E-state index in [0.29, 0.717) is 25.3 Å². The van der Waals surface area contributed by atoms with Gasteiger partial charge < -0.3 is 10.2 Å². The van der Waals surface area contributed by atoms with Gasteiger partial charge in [-0.25, -0.2) is 0 Å². The van der Waals surface area contributed by atoms with Crippen molar-refractivity contribution in [3.05, 3.63) is 39.8 Å². The molecule has 116 valence electrons. The van der Waals surface area contributed by atoms with Crippen molar-refractivity contribution in [1.82, 2.24) is 20.0 Å². The van der Waals surface area contributed by atoms with E-state index in [1.54, 1.807) is 11.0 Å². The van der Waals surface area contributed by atoms with Crippen molar-refractivity contribution >= 4 is 23.2 Å². The highest BCUT2D eigenvalue weighted by Gasteiger charge is 2.25. The van der Waals surface area contributed by atoms with Crippen molar-refractivity contribution in [2.24, 2.45) is 0 Å². The van der Waals surface area contributed by atoms with Crippen LogP contribution in [0.3, 0.4) is 0 Å². The number of rotatable bonds is 3. The molecule has 7 heteroatoms. The van der Waals surface area contributed by atoms with Crippen LogP contribution in [0.2, 0.25) is 0 Å². The minimum atomic E-state index is -0.173. The van der Waals surface area contributed by atoms with Crippen LogP contribution in [0.4, 0.5) is 0 Å². The molecular formula is C15H18N4O2S. The fourth-order valence-electron chi connectivity index (χ4n) is 2.44. The maximum atomic E-state index is 12.4. The van der Waals surface area contributed by atoms with E-state index < -0.39 is 0 Å². The second-order valence-corrected chi connectivity index (χ2v) is 6.52. The Labute approximate surface area is 132 Å². The lowest BCUT2D eigenvalue weighted by Crippen LogP contribution is -2.38. The number of carbonyl (C=O) groups is 2. The van der Waals surface area contributed by atoms with E-state index >= 15 is 0 Å². The first-order valence-corrected chi connectivity index (χ1v) is 8.13. The monoisotopic (exact) mass is 318 g/mol. The van der Waals surface area contributed by atoms with Gasteiger partial charge in [-0.05, 0) is 31.4 Å². The van der Waals surface area contributed by atoms with E-state index in [-0.39, 0.29) is 17.9 Å². The first-order chi connectivity index (χ1) is 10.5. The molecule has 1 N–H and O–H groups in total. The summed E-state index contributed by atoms with van der Waals surface area (Å²) in [5.74, 6) is -0.135. The molecule has 3 heterocycles. The van der Waals surface area contributed by atoms with Crippen molar-refractivity contribution in [3.63, 3.8) is 0 Å². The number of carbonyl (C=O) groups excluding carboxylic acids is 2. The summed E-state index contributed by atoms with van der Waals surface area (Å²) in [6, 6.07) is 5.55. The predicted molar refractivity (Wildman–Crippen MR) is 83.9 cm³/mol. The van der Waals surface area contributed by atoms with Crippen LogP contribution in [0.25, 0.3) is 0 Å². The first kappa shape index (κ1) is 14.8. The molecule has 6 nitrogen and oxygen atoms in total. The molecule has 2 aromatic heterocycles. The number of fused-ring (bicyclic) bond motifs is 1. The Balaban J connectivity index is 1.75. The van der Waals surface area contributed by atoms with Gasteiger partial charge in [0.15, 0.2) is 5.69 Å². The highest BCUT2D eigenvalue weighted by Crippen LogP contribution is 2.18. The fourth-order valence-corrected chi connectivity index (χ4v) is 3.13. The summed E-state index contributed by atoms with van der Waals surface area (Å²) in [5.41, 5.74) is 1.30. The third-order valence-corrected chi connectivity index (χ3v) is 4.33. The molecule has 2 aromatic rings. The van der Waals surface area contributed by atoms with Gasteiger partial charge in [-0.3, -0.25) is 14.3 Å². The summed E-state index contributed by atoms with van der Waals surface area (Å²) in [6.07, 6.45) is 0. The van der Waals surface area contributed by atoms with Gasteiger partial charge in [0.2, 0.25) is 0 Å². The van der Waals surface area contributed by atoms with Crippen LogP contribution in [0.5, 0.6) is 0 Å². The van der Waals surface area contributed by atoms with Gasteiger partial charge in [-0.1, -0.05) is 6.07 Å². The van der Waals surface area contributed by atoms with Crippen molar-refractivity contribution in [2.75, 3.05) is 6.54 Å². The molecule has 0 saturated carbocycles. The summed E-state index contributed by atoms with van der Waals surface area (Å²) < 4.78 is 1.81. The number of nitrogens with zero attached hydrogens (tertiary/aromatic N) is 3. The molecule has 0 bridgehead atoms. The summed E-state index contributed by atoms with van der Waals surface area (Å²) in [4.78, 5) is 26.9. The quantitative estimate of drug-likeness (QED) is 0.937. The van der Waals surface area contributed by atoms with Gasteiger partial charge >= 0.3 is 0 Å². The largest absolute Gasteiger partial charge is 0.348 e. The third-order valence-electron chi connectivity index (χ3n) is 3.47. The van der Waals surface area contributed by atoms with Crippen LogP contribution < -0.4 is 5.32 Å². The Morgan fingerprint density at radius 2 is 2.18 bits per heavy atom. The highest BCUT2D eigenvalue weighted by atomic mass is 32.1. The molecular weight excluding hydrogens is 300 g/mol. The molecule has 0 spiro atoms. The van der Waals surface area contributed by atoms with Crippen LogP contribution >= 0.6 is 11.3 Å². The Bertz CT molecular complexity index is 690. The van der Waals surface area contributed by atoms with Gasteiger partial charge in [-0.2, -0.15) is 5.10 Å². The molecule has 1 aliphatic rings. The van der Waals surface area contributed by atoms with Gasteiger partial charge in [-0.15, -0.1) is 11.3 Å². The molecule has 22 heavy (non-hydrogen) atoms. The predicted octanol–water partition coefficient (Wildman–Crippen LogP) is 1.74. The number of hydrogen-bond donors (Lipinski definition) is 1. The molecule has 0 atom stereocenters. The lowest BCUT2D eigenvalue weighted by atomic mass is 10.2. The van der Waals surface area contributed by atoms with Crippen LogP contribution in [-0.2, 0) is 13.1 Å². The molecule has 1 aliphatic heterocycles. The molecule has 0 aromatic carbocycles. The fraction of sp³-hybridized carbons (Fsp3) is 0.400. The molecule has 3 rings (SSSR count). The number of nitrogens with one attached hydrogen (secondary N) is 1. The zero-order chi connectivity index (χ0) is 15.7. The van der Waals surface area contributed by atoms with Crippen LogP contribution in [0.1, 0.15) is 39.7 Å². The summed E-state index contributed by atoms with van der Waals surface area (Å²) in [7, 11) is 0. The van der Waals surface area contributed by atoms with Crippen LogP contribution in [0, 0.1) is 0 Å². The SMILES string of the molecule is CC(C)NC(=O)c1cc2n(n1)CCN(C(=O)c1cccs1)C2. The van der Waals surface area contributed by atoms with Gasteiger partial charge in [0.25, 0.3) is 11.8 Å². The minimum Gasteiger partial charge on any atom is -0.348 e. The lowest BCUT2D eigenvalue weighted by molar-refractivity contribution is 0.0710. The van der Waals surface area contributed by atoms with Gasteiger partial charge in [0.1, 0.15) is 0 Å². The van der Waals surface area contributed by atoms with Crippen LogP contribution in [0.15, 0.2) is 23.6 Å². The standard InChI is InChI=1S/C15H18N4O2S/c1-10(2)16-14(20)12-8-11-9-18(5-6-19(11)17-12)15(21)13-4-3-7-22-13/h3-4,7-8,10H,5-6,9H2,1-2H3,(H,16,20). The lowest BCUT2D eigenvalue weighted by Gasteiger charge is -2.27. The highest BCUT2D eigenvalue weighted by molar-refractivity contribution is 7.12. The first-order valence-electron chi connectivity index (χ1n) is 7.25. The number of thiophene rings is 1. The molecule has 0 fully saturated rings. The van der Waals surface area contributed by atoms with E-state index in [2.05, 4.69) is 10.4 Å². The van der Waals surface area contributed by atoms with Crippen molar-refractivity contribution in [2.45, 2.75) is 33.0 Å². The van der Waals surface area contributed by atoms with Crippen molar-refractivity contribution in [3.8, 4) is 0 Å². The Kier molecular flexibility index (Phi) is 3.98. The Hall–Kier alpha value is -2.15. The van der Waals surface area contributed by atoms with Crippen molar-refractivity contribution in [1.29, 1.82) is 0 Å². The topological polar surface area (TPSA) is 67.2 Å². The van der Waals surface area contributed by atoms with E-state index in [0.717, 1.165) is 10.6 Å². The number of hydrogen-bond acceptors (Lipinski definition) is 4. The number of aromatic nitrogens is 2. The zero-order valence-corrected chi connectivity index (χ0v) is 13.4. The maximum Gasteiger partial charge on any atom is 0.271 e. The third kappa shape index (κ3) is 2.89. The maximum absolute atomic E-state index is 12.4. The molecule has 0 unspecified atom stereocenters. The second kappa shape index (κ2) is 5.92. The van der Waals surface area contributed by atoms with E-state index in [1.165, 1.54) is 11.3 Å². The Morgan fingerprint density at radius 1 is 1.36 bits per heavy atom. The summed E-state index contributed by atoms with van der Waals surface area (Å²) in [5, 5.41) is 9.06. The molecule has 0 aliphatic carbocycles. The molecule has 2 amide bonds. The molecule has 0 radical (unpaired) electrons. The van der Waals surface area contributed by atoms with Gasteiger partial charge in [0, 0.05) is 12.6 Å².